The van der Waals surface area contributed by atoms with Crippen LogP contribution in [0.2, 0.25) is 0 Å². The van der Waals surface area contributed by atoms with Crippen molar-refractivity contribution in [3.8, 4) is 0 Å². The zero-order chi connectivity index (χ0) is 16.2. The van der Waals surface area contributed by atoms with Gasteiger partial charge in [-0.3, -0.25) is 0 Å². The summed E-state index contributed by atoms with van der Waals surface area (Å²) in [6, 6.07) is 1.15. The van der Waals surface area contributed by atoms with Gasteiger partial charge in [-0.15, -0.1) is 11.3 Å². The van der Waals surface area contributed by atoms with Gasteiger partial charge in [-0.05, 0) is 28.4 Å². The molecule has 0 aromatic carbocycles. The molecule has 0 spiro atoms. The number of aliphatic hydroxyl groups excluding tert-OH is 1. The molecule has 21 heavy (non-hydrogen) atoms. The molecule has 1 heterocycles. The van der Waals surface area contributed by atoms with Gasteiger partial charge in [0.1, 0.15) is 9.77 Å². The molecule has 0 radical (unpaired) electrons. The highest BCUT2D eigenvalue weighted by Gasteiger charge is 2.24. The fourth-order valence-corrected chi connectivity index (χ4v) is 4.80. The fourth-order valence-electron chi connectivity index (χ4n) is 1.27. The van der Waals surface area contributed by atoms with E-state index in [0.717, 1.165) is 17.4 Å². The number of nitrogens with one attached hydrogen (secondary N) is 1. The third-order valence-electron chi connectivity index (χ3n) is 2.33. The Morgan fingerprint density at radius 3 is 2.67 bits per heavy atom. The summed E-state index contributed by atoms with van der Waals surface area (Å²) < 4.78 is 30.9. The number of rotatable bonds is 7. The lowest BCUT2D eigenvalue weighted by atomic mass is 10.3. The van der Waals surface area contributed by atoms with Crippen LogP contribution < -0.4 is 4.72 Å². The van der Waals surface area contributed by atoms with E-state index in [4.69, 9.17) is 10.2 Å². The maximum absolute atomic E-state index is 12.0. The number of carbonyl (C=O) groups is 2. The zero-order valence-electron chi connectivity index (χ0n) is 10.7. The lowest BCUT2D eigenvalue weighted by molar-refractivity contribution is -0.146. The van der Waals surface area contributed by atoms with Crippen LogP contribution in [0.5, 0.6) is 0 Å². The second kappa shape index (κ2) is 7.31. The second-order valence-electron chi connectivity index (χ2n) is 3.78. The Kier molecular flexibility index (Phi) is 6.28. The lowest BCUT2D eigenvalue weighted by Gasteiger charge is -2.07. The number of carboxylic acid groups (broad SMARTS) is 1. The number of sulfonamides is 1. The van der Waals surface area contributed by atoms with Crippen molar-refractivity contribution in [1.29, 1.82) is 0 Å². The predicted octanol–water partition coefficient (Wildman–Crippen LogP) is 0.411. The fraction of sp³-hybridized carbons (Fsp3) is 0.400. The summed E-state index contributed by atoms with van der Waals surface area (Å²) in [6.45, 7) is -0.258. The number of hydrogen-bond acceptors (Lipinski definition) is 7. The molecule has 0 aliphatic carbocycles. The first-order chi connectivity index (χ1) is 9.69. The summed E-state index contributed by atoms with van der Waals surface area (Å²) in [7, 11) is -2.76. The van der Waals surface area contributed by atoms with Crippen LogP contribution in [0.4, 0.5) is 0 Å². The van der Waals surface area contributed by atoms with Crippen molar-refractivity contribution in [2.24, 2.45) is 0 Å². The molecule has 3 N–H and O–H groups in total. The van der Waals surface area contributed by atoms with E-state index in [1.54, 1.807) is 0 Å². The third kappa shape index (κ3) is 4.74. The van der Waals surface area contributed by atoms with Gasteiger partial charge in [0.2, 0.25) is 10.0 Å². The summed E-state index contributed by atoms with van der Waals surface area (Å²) in [6.07, 6.45) is -1.93. The van der Waals surface area contributed by atoms with Gasteiger partial charge in [-0.2, -0.15) is 0 Å². The van der Waals surface area contributed by atoms with E-state index in [1.165, 1.54) is 7.11 Å². The van der Waals surface area contributed by atoms with E-state index in [1.807, 2.05) is 0 Å². The van der Waals surface area contributed by atoms with Gasteiger partial charge in [-0.1, -0.05) is 0 Å². The normalized spacial score (nSPS) is 12.9. The molecular weight excluding hydrogens is 390 g/mol. The van der Waals surface area contributed by atoms with Crippen molar-refractivity contribution >= 4 is 49.2 Å². The molecule has 0 saturated carbocycles. The van der Waals surface area contributed by atoms with Gasteiger partial charge < -0.3 is 14.9 Å². The predicted molar refractivity (Wildman–Crippen MR) is 76.8 cm³/mol. The van der Waals surface area contributed by atoms with E-state index in [-0.39, 0.29) is 26.5 Å². The number of methoxy groups -OCH3 is 1. The van der Waals surface area contributed by atoms with Gasteiger partial charge in [0.05, 0.1) is 10.9 Å². The van der Waals surface area contributed by atoms with Crippen molar-refractivity contribution in [2.45, 2.75) is 17.4 Å². The molecule has 1 aromatic rings. The monoisotopic (exact) mass is 401 g/mol. The van der Waals surface area contributed by atoms with Gasteiger partial charge >= 0.3 is 11.9 Å². The van der Waals surface area contributed by atoms with Crippen LogP contribution in [0.25, 0.3) is 0 Å². The van der Waals surface area contributed by atoms with Gasteiger partial charge in [-0.25, -0.2) is 22.7 Å². The summed E-state index contributed by atoms with van der Waals surface area (Å²) in [5, 5.41) is 17.5. The number of aliphatic hydroxyl groups is 1. The maximum Gasteiger partial charge on any atom is 0.348 e. The largest absolute Gasteiger partial charge is 0.479 e. The Bertz CT molecular complexity index is 640. The molecule has 11 heteroatoms. The number of carbonyl (C=O) groups excluding carboxylic acids is 1. The van der Waals surface area contributed by atoms with Crippen LogP contribution in [0.1, 0.15) is 16.1 Å². The van der Waals surface area contributed by atoms with Crippen molar-refractivity contribution in [2.75, 3.05) is 13.7 Å². The maximum atomic E-state index is 12.0. The Morgan fingerprint density at radius 2 is 2.14 bits per heavy atom. The summed E-state index contributed by atoms with van der Waals surface area (Å²) in [4.78, 5) is 21.7. The lowest BCUT2D eigenvalue weighted by Crippen LogP contribution is -2.30. The number of halogens is 1. The Morgan fingerprint density at radius 1 is 1.52 bits per heavy atom. The molecule has 0 amide bonds. The number of esters is 1. The second-order valence-corrected chi connectivity index (χ2v) is 7.89. The van der Waals surface area contributed by atoms with Crippen LogP contribution in [-0.4, -0.2) is 50.3 Å². The summed E-state index contributed by atoms with van der Waals surface area (Å²) in [5.41, 5.74) is 0. The highest BCUT2D eigenvalue weighted by Crippen LogP contribution is 2.31. The molecule has 1 rings (SSSR count). The van der Waals surface area contributed by atoms with E-state index >= 15 is 0 Å². The van der Waals surface area contributed by atoms with Crippen molar-refractivity contribution in [1.82, 2.24) is 4.72 Å². The van der Waals surface area contributed by atoms with E-state index in [0.29, 0.717) is 0 Å². The Hall–Kier alpha value is -1.01. The van der Waals surface area contributed by atoms with Gasteiger partial charge in [0.25, 0.3) is 0 Å². The van der Waals surface area contributed by atoms with Crippen LogP contribution in [0.15, 0.2) is 14.7 Å². The minimum atomic E-state index is -3.93. The summed E-state index contributed by atoms with van der Waals surface area (Å²) >= 11 is 3.94. The van der Waals surface area contributed by atoms with Crippen molar-refractivity contribution < 1.29 is 33.0 Å². The highest BCUT2D eigenvalue weighted by atomic mass is 79.9. The van der Waals surface area contributed by atoms with Crippen molar-refractivity contribution in [3.05, 3.63) is 14.7 Å². The molecule has 0 aliphatic heterocycles. The highest BCUT2D eigenvalue weighted by molar-refractivity contribution is 9.11. The molecule has 0 bridgehead atoms. The van der Waals surface area contributed by atoms with Crippen LogP contribution in [0, 0.1) is 0 Å². The molecule has 1 aromatic heterocycles. The van der Waals surface area contributed by atoms with Crippen LogP contribution in [-0.2, 0) is 19.6 Å². The zero-order valence-corrected chi connectivity index (χ0v) is 13.9. The number of thiophene rings is 1. The third-order valence-corrected chi connectivity index (χ3v) is 6.02. The Labute approximate surface area is 132 Å². The molecule has 1 unspecified atom stereocenters. The molecule has 0 fully saturated rings. The Balaban J connectivity index is 2.81. The molecule has 0 saturated heterocycles. The first-order valence-electron chi connectivity index (χ1n) is 5.47. The smallest absolute Gasteiger partial charge is 0.348 e. The quantitative estimate of drug-likeness (QED) is 0.564. The average Bonchev–Trinajstić information content (AvgIpc) is 2.80. The van der Waals surface area contributed by atoms with E-state index in [9.17, 15) is 18.0 Å². The molecular formula is C10H12BrNO7S2. The van der Waals surface area contributed by atoms with E-state index in [2.05, 4.69) is 25.4 Å². The number of aliphatic carboxylic acids is 1. The summed E-state index contributed by atoms with van der Waals surface area (Å²) in [5.74, 6) is -2.10. The number of hydrogen-bond donors (Lipinski definition) is 3. The SMILES string of the molecule is COC(=O)c1cc(S(=O)(=O)NCCC(O)C(=O)O)c(Br)s1. The molecule has 118 valence electrons. The minimum absolute atomic E-state index is 0.107. The molecule has 0 aliphatic rings. The minimum Gasteiger partial charge on any atom is -0.479 e. The first kappa shape index (κ1) is 18.0. The van der Waals surface area contributed by atoms with Crippen molar-refractivity contribution in [3.63, 3.8) is 0 Å². The molecule has 1 atom stereocenters. The topological polar surface area (TPSA) is 130 Å². The number of carboxylic acids is 1. The van der Waals surface area contributed by atoms with Gasteiger partial charge in [0, 0.05) is 6.54 Å². The van der Waals surface area contributed by atoms with E-state index < -0.39 is 28.1 Å². The standard InChI is InChI=1S/C10H12BrNO7S2/c1-19-10(16)6-4-7(8(11)20-6)21(17,18)12-3-2-5(13)9(14)15/h4-5,12-13H,2-3H2,1H3,(H,14,15). The average molecular weight is 402 g/mol. The molecule has 8 nitrogen and oxygen atoms in total. The number of ether oxygens (including phenoxy) is 1. The van der Waals surface area contributed by atoms with Crippen LogP contribution in [0.3, 0.4) is 0 Å². The first-order valence-corrected chi connectivity index (χ1v) is 8.56. The van der Waals surface area contributed by atoms with Crippen LogP contribution >= 0.6 is 27.3 Å². The van der Waals surface area contributed by atoms with Gasteiger partial charge in [0.15, 0.2) is 6.10 Å².